The van der Waals surface area contributed by atoms with Gasteiger partial charge in [-0.25, -0.2) is 0 Å². The maximum absolute atomic E-state index is 12.9. The Bertz CT molecular complexity index is 703. The van der Waals surface area contributed by atoms with Crippen molar-refractivity contribution in [2.45, 2.75) is 64.9 Å². The highest BCUT2D eigenvalue weighted by molar-refractivity contribution is 5.98. The molecule has 1 saturated heterocycles. The van der Waals surface area contributed by atoms with Gasteiger partial charge in [0, 0.05) is 31.2 Å². The number of ether oxygens (including phenoxy) is 3. The molecule has 1 aliphatic carbocycles. The molecule has 0 bridgehead atoms. The average molecular weight is 454 g/mol. The average Bonchev–Trinajstić information content (AvgIpc) is 2.74. The fourth-order valence-corrected chi connectivity index (χ4v) is 4.79. The van der Waals surface area contributed by atoms with E-state index in [0.29, 0.717) is 18.8 Å². The molecular weight excluding hydrogens is 418 g/mol. The first-order valence-corrected chi connectivity index (χ1v) is 11.3. The van der Waals surface area contributed by atoms with Crippen molar-refractivity contribution in [2.75, 3.05) is 27.4 Å². The second-order valence-corrected chi connectivity index (χ2v) is 9.00. The highest BCUT2D eigenvalue weighted by Gasteiger charge is 2.41. The third-order valence-electron chi connectivity index (χ3n) is 6.44. The summed E-state index contributed by atoms with van der Waals surface area (Å²) in [6.07, 6.45) is 1.77. The third-order valence-corrected chi connectivity index (χ3v) is 6.44. The van der Waals surface area contributed by atoms with E-state index in [1.807, 2.05) is 6.92 Å². The van der Waals surface area contributed by atoms with Crippen molar-refractivity contribution in [1.82, 2.24) is 4.90 Å². The predicted octanol–water partition coefficient (Wildman–Crippen LogP) is 1.90. The number of likely N-dealkylation sites (tertiary alicyclic amines) is 1. The summed E-state index contributed by atoms with van der Waals surface area (Å²) in [7, 11) is 2.56. The van der Waals surface area contributed by atoms with E-state index in [0.717, 1.165) is 11.3 Å². The smallest absolute Gasteiger partial charge is 0.307 e. The van der Waals surface area contributed by atoms with E-state index >= 15 is 0 Å². The number of piperidine rings is 1. The molecule has 4 atom stereocenters. The molecule has 2 amide bonds. The molecule has 1 unspecified atom stereocenters. The number of hydrogen-bond acceptors (Lipinski definition) is 8. The van der Waals surface area contributed by atoms with Crippen LogP contribution in [-0.4, -0.2) is 67.9 Å². The standard InChI is InChI=1S/C23H35NO8/c1-14-9-15(2)23(29)17(10-14)18(32-8-6-22(28)31-4)11-16-12-19(25)24(20(26)13-16)7-5-21(27)30-3/h14-18H,5-13H2,1-4H3/t14-,15-,17?,18+/m0/s1. The molecule has 0 aromatic rings. The molecule has 9 nitrogen and oxygen atoms in total. The van der Waals surface area contributed by atoms with Crippen LogP contribution in [-0.2, 0) is 38.2 Å². The van der Waals surface area contributed by atoms with Gasteiger partial charge in [-0.1, -0.05) is 13.8 Å². The molecule has 180 valence electrons. The quantitative estimate of drug-likeness (QED) is 0.364. The lowest BCUT2D eigenvalue weighted by Gasteiger charge is -2.38. The summed E-state index contributed by atoms with van der Waals surface area (Å²) in [5.41, 5.74) is 0. The molecule has 0 spiro atoms. The van der Waals surface area contributed by atoms with E-state index in [-0.39, 0.29) is 74.2 Å². The first kappa shape index (κ1) is 26.0. The first-order valence-electron chi connectivity index (χ1n) is 11.3. The van der Waals surface area contributed by atoms with Crippen molar-refractivity contribution in [3.8, 4) is 0 Å². The highest BCUT2D eigenvalue weighted by atomic mass is 16.5. The van der Waals surface area contributed by atoms with Gasteiger partial charge >= 0.3 is 11.9 Å². The van der Waals surface area contributed by atoms with Gasteiger partial charge in [-0.15, -0.1) is 0 Å². The minimum atomic E-state index is -0.481. The Balaban J connectivity index is 2.05. The van der Waals surface area contributed by atoms with Crippen molar-refractivity contribution < 1.29 is 38.2 Å². The molecular formula is C23H35NO8. The number of rotatable bonds is 10. The first-order chi connectivity index (χ1) is 15.2. The number of hydrogen-bond donors (Lipinski definition) is 0. The molecule has 0 aromatic carbocycles. The van der Waals surface area contributed by atoms with E-state index in [1.54, 1.807) is 0 Å². The normalized spacial score (nSPS) is 25.6. The molecule has 1 aliphatic heterocycles. The van der Waals surface area contributed by atoms with Crippen LogP contribution in [0.25, 0.3) is 0 Å². The number of carbonyl (C=O) groups excluding carboxylic acids is 5. The van der Waals surface area contributed by atoms with Crippen LogP contribution in [0.1, 0.15) is 58.8 Å². The lowest BCUT2D eigenvalue weighted by molar-refractivity contribution is -0.152. The number of amides is 2. The fourth-order valence-electron chi connectivity index (χ4n) is 4.79. The summed E-state index contributed by atoms with van der Waals surface area (Å²) < 4.78 is 15.2. The van der Waals surface area contributed by atoms with Gasteiger partial charge < -0.3 is 14.2 Å². The van der Waals surface area contributed by atoms with Crippen LogP contribution in [0.3, 0.4) is 0 Å². The van der Waals surface area contributed by atoms with E-state index in [2.05, 4.69) is 16.4 Å². The Morgan fingerprint density at radius 3 is 2.16 bits per heavy atom. The van der Waals surface area contributed by atoms with Crippen LogP contribution in [0.4, 0.5) is 0 Å². The number of carbonyl (C=O) groups is 5. The number of esters is 2. The Morgan fingerprint density at radius 2 is 1.56 bits per heavy atom. The summed E-state index contributed by atoms with van der Waals surface area (Å²) >= 11 is 0. The lowest BCUT2D eigenvalue weighted by Crippen LogP contribution is -2.46. The van der Waals surface area contributed by atoms with Gasteiger partial charge in [0.05, 0.1) is 39.8 Å². The molecule has 1 heterocycles. The van der Waals surface area contributed by atoms with Crippen LogP contribution >= 0.6 is 0 Å². The maximum atomic E-state index is 12.9. The van der Waals surface area contributed by atoms with Gasteiger partial charge in [0.15, 0.2) is 0 Å². The SMILES string of the molecule is COC(=O)CCO[C@H](CC1CC(=O)N(CCC(=O)OC)C(=O)C1)C1C[C@@H](C)C[C@H](C)C1=O. The zero-order valence-electron chi connectivity index (χ0n) is 19.5. The minimum Gasteiger partial charge on any atom is -0.469 e. The molecule has 2 rings (SSSR count). The van der Waals surface area contributed by atoms with E-state index in [9.17, 15) is 24.0 Å². The molecule has 2 aliphatic rings. The molecule has 1 saturated carbocycles. The Morgan fingerprint density at radius 1 is 0.969 bits per heavy atom. The third kappa shape index (κ3) is 7.12. The van der Waals surface area contributed by atoms with Crippen LogP contribution in [0, 0.1) is 23.7 Å². The van der Waals surface area contributed by atoms with Crippen molar-refractivity contribution in [3.05, 3.63) is 0 Å². The maximum Gasteiger partial charge on any atom is 0.307 e. The Kier molecular flexibility index (Phi) is 9.81. The van der Waals surface area contributed by atoms with E-state index in [1.165, 1.54) is 14.2 Å². The van der Waals surface area contributed by atoms with Crippen molar-refractivity contribution in [1.29, 1.82) is 0 Å². The fraction of sp³-hybridized carbons (Fsp3) is 0.783. The zero-order chi connectivity index (χ0) is 23.8. The minimum absolute atomic E-state index is 0.00621. The summed E-state index contributed by atoms with van der Waals surface area (Å²) in [4.78, 5) is 62.0. The molecule has 2 fully saturated rings. The van der Waals surface area contributed by atoms with Gasteiger partial charge in [0.1, 0.15) is 5.78 Å². The van der Waals surface area contributed by atoms with Crippen molar-refractivity contribution in [3.63, 3.8) is 0 Å². The summed E-state index contributed by atoms with van der Waals surface area (Å²) in [5.74, 6) is -1.70. The van der Waals surface area contributed by atoms with Gasteiger partial charge in [0.25, 0.3) is 0 Å². The number of nitrogens with zero attached hydrogens (tertiary/aromatic N) is 1. The van der Waals surface area contributed by atoms with Crippen LogP contribution < -0.4 is 0 Å². The number of methoxy groups -OCH3 is 2. The molecule has 32 heavy (non-hydrogen) atoms. The summed E-state index contributed by atoms with van der Waals surface area (Å²) in [6, 6.07) is 0. The predicted molar refractivity (Wildman–Crippen MR) is 113 cm³/mol. The van der Waals surface area contributed by atoms with Gasteiger partial charge in [-0.05, 0) is 31.1 Å². The summed E-state index contributed by atoms with van der Waals surface area (Å²) in [5, 5.41) is 0. The number of imide groups is 1. The summed E-state index contributed by atoms with van der Waals surface area (Å²) in [6.45, 7) is 4.15. The van der Waals surface area contributed by atoms with E-state index in [4.69, 9.17) is 4.74 Å². The zero-order valence-corrected chi connectivity index (χ0v) is 19.5. The second kappa shape index (κ2) is 12.1. The van der Waals surface area contributed by atoms with Crippen LogP contribution in [0.15, 0.2) is 0 Å². The second-order valence-electron chi connectivity index (χ2n) is 9.00. The molecule has 0 aromatic heterocycles. The number of Topliss-reactive ketones (excluding diaryl/α,β-unsaturated/α-hetero) is 1. The van der Waals surface area contributed by atoms with Gasteiger partial charge in [-0.2, -0.15) is 0 Å². The molecule has 9 heteroatoms. The topological polar surface area (TPSA) is 116 Å². The van der Waals surface area contributed by atoms with Gasteiger partial charge in [-0.3, -0.25) is 28.9 Å². The largest absolute Gasteiger partial charge is 0.469 e. The Hall–Kier alpha value is -2.29. The highest BCUT2D eigenvalue weighted by Crippen LogP contribution is 2.36. The van der Waals surface area contributed by atoms with Gasteiger partial charge in [0.2, 0.25) is 11.8 Å². The Labute approximate surface area is 189 Å². The van der Waals surface area contributed by atoms with E-state index < -0.39 is 18.0 Å². The molecule has 0 N–H and O–H groups in total. The van der Waals surface area contributed by atoms with Crippen molar-refractivity contribution >= 4 is 29.5 Å². The molecule has 0 radical (unpaired) electrons. The lowest BCUT2D eigenvalue weighted by atomic mass is 9.71. The monoisotopic (exact) mass is 453 g/mol. The number of ketones is 1. The van der Waals surface area contributed by atoms with Crippen LogP contribution in [0.5, 0.6) is 0 Å². The van der Waals surface area contributed by atoms with Crippen LogP contribution in [0.2, 0.25) is 0 Å². The van der Waals surface area contributed by atoms with Crippen molar-refractivity contribution in [2.24, 2.45) is 23.7 Å².